The molecule has 3 aromatic carbocycles. The van der Waals surface area contributed by atoms with Crippen LogP contribution >= 0.6 is 11.6 Å². The summed E-state index contributed by atoms with van der Waals surface area (Å²) in [7, 11) is 1.28. The largest absolute Gasteiger partial charge is 0.467 e. The second-order valence-electron chi connectivity index (χ2n) is 8.84. The van der Waals surface area contributed by atoms with E-state index in [9.17, 15) is 14.7 Å². The number of ether oxygens (including phenoxy) is 1. The van der Waals surface area contributed by atoms with Gasteiger partial charge in [-0.2, -0.15) is 0 Å². The van der Waals surface area contributed by atoms with Crippen molar-refractivity contribution in [3.63, 3.8) is 0 Å². The Morgan fingerprint density at radius 3 is 2.35 bits per heavy atom. The molecule has 37 heavy (non-hydrogen) atoms. The molecule has 0 bridgehead atoms. The van der Waals surface area contributed by atoms with E-state index in [0.717, 1.165) is 16.7 Å². The number of hydrogen-bond acceptors (Lipinski definition) is 6. The maximum atomic E-state index is 13.5. The first-order chi connectivity index (χ1) is 17.7. The number of nitrogens with zero attached hydrogens (tertiary/aromatic N) is 3. The highest BCUT2D eigenvalue weighted by atomic mass is 35.5. The topological polar surface area (TPSA) is 106 Å². The van der Waals surface area contributed by atoms with Gasteiger partial charge in [-0.15, -0.1) is 5.10 Å². The number of carbonyl (C=O) groups is 2. The van der Waals surface area contributed by atoms with Crippen LogP contribution < -0.4 is 5.32 Å². The molecule has 0 aliphatic carbocycles. The number of aliphatic hydroxyl groups is 1. The average molecular weight is 519 g/mol. The molecule has 0 spiro atoms. The number of esters is 1. The van der Waals surface area contributed by atoms with E-state index in [4.69, 9.17) is 16.3 Å². The molecule has 0 fully saturated rings. The molecule has 2 unspecified atom stereocenters. The highest BCUT2D eigenvalue weighted by molar-refractivity contribution is 6.30. The summed E-state index contributed by atoms with van der Waals surface area (Å²) >= 11 is 5.95. The fourth-order valence-electron chi connectivity index (χ4n) is 3.91. The molecule has 8 nitrogen and oxygen atoms in total. The van der Waals surface area contributed by atoms with Crippen molar-refractivity contribution in [3.8, 4) is 5.69 Å². The molecule has 0 saturated carbocycles. The molecule has 1 heterocycles. The van der Waals surface area contributed by atoms with E-state index >= 15 is 0 Å². The lowest BCUT2D eigenvalue weighted by atomic mass is 10.0. The van der Waals surface area contributed by atoms with E-state index in [1.165, 1.54) is 11.8 Å². The quantitative estimate of drug-likeness (QED) is 0.347. The van der Waals surface area contributed by atoms with Gasteiger partial charge in [0.05, 0.1) is 24.6 Å². The number of benzene rings is 3. The van der Waals surface area contributed by atoms with Crippen LogP contribution in [0.5, 0.6) is 0 Å². The Labute approximate surface area is 219 Å². The number of amides is 1. The van der Waals surface area contributed by atoms with Crippen molar-refractivity contribution in [2.75, 3.05) is 7.11 Å². The van der Waals surface area contributed by atoms with Gasteiger partial charge in [0, 0.05) is 5.02 Å². The van der Waals surface area contributed by atoms with E-state index in [1.54, 1.807) is 54.7 Å². The molecular weight excluding hydrogens is 492 g/mol. The molecule has 1 aromatic heterocycles. The lowest BCUT2D eigenvalue weighted by molar-refractivity contribution is -0.143. The summed E-state index contributed by atoms with van der Waals surface area (Å²) < 4.78 is 6.40. The van der Waals surface area contributed by atoms with Gasteiger partial charge in [0.25, 0.3) is 5.91 Å². The first-order valence-electron chi connectivity index (χ1n) is 11.6. The van der Waals surface area contributed by atoms with Crippen LogP contribution in [0.25, 0.3) is 5.69 Å². The lowest BCUT2D eigenvalue weighted by Gasteiger charge is -2.19. The molecule has 2 atom stereocenters. The van der Waals surface area contributed by atoms with Gasteiger partial charge in [-0.1, -0.05) is 53.2 Å². The van der Waals surface area contributed by atoms with E-state index < -0.39 is 24.0 Å². The van der Waals surface area contributed by atoms with Crippen molar-refractivity contribution >= 4 is 23.5 Å². The monoisotopic (exact) mass is 518 g/mol. The predicted molar refractivity (Wildman–Crippen MR) is 140 cm³/mol. The van der Waals surface area contributed by atoms with Crippen molar-refractivity contribution < 1.29 is 19.4 Å². The van der Waals surface area contributed by atoms with Gasteiger partial charge in [0.15, 0.2) is 6.04 Å². The van der Waals surface area contributed by atoms with Gasteiger partial charge in [-0.25, -0.2) is 9.48 Å². The van der Waals surface area contributed by atoms with Gasteiger partial charge in [0.2, 0.25) is 0 Å². The second-order valence-corrected chi connectivity index (χ2v) is 9.27. The molecule has 2 N–H and O–H groups in total. The van der Waals surface area contributed by atoms with Crippen LogP contribution in [0, 0.1) is 20.8 Å². The number of rotatable bonds is 7. The molecule has 0 saturated heterocycles. The van der Waals surface area contributed by atoms with Crippen molar-refractivity contribution in [1.29, 1.82) is 0 Å². The summed E-state index contributed by atoms with van der Waals surface area (Å²) in [5, 5.41) is 22.4. The van der Waals surface area contributed by atoms with E-state index in [-0.39, 0.29) is 5.56 Å². The Morgan fingerprint density at radius 2 is 1.68 bits per heavy atom. The highest BCUT2D eigenvalue weighted by Gasteiger charge is 2.26. The van der Waals surface area contributed by atoms with Crippen molar-refractivity contribution in [1.82, 2.24) is 20.3 Å². The minimum Gasteiger partial charge on any atom is -0.467 e. The smallest absolute Gasteiger partial charge is 0.333 e. The van der Waals surface area contributed by atoms with Crippen LogP contribution in [0.2, 0.25) is 5.02 Å². The third kappa shape index (κ3) is 5.71. The first-order valence-corrected chi connectivity index (χ1v) is 12.0. The van der Waals surface area contributed by atoms with Crippen LogP contribution in [0.15, 0.2) is 66.9 Å². The van der Waals surface area contributed by atoms with Gasteiger partial charge in [-0.3, -0.25) is 4.79 Å². The Bertz CT molecular complexity index is 1450. The summed E-state index contributed by atoms with van der Waals surface area (Å²) in [6.07, 6.45) is 0.535. The van der Waals surface area contributed by atoms with Crippen molar-refractivity contribution in [2.45, 2.75) is 32.9 Å². The van der Waals surface area contributed by atoms with Crippen molar-refractivity contribution in [3.05, 3.63) is 111 Å². The number of aliphatic hydroxyl groups excluding tert-OH is 1. The van der Waals surface area contributed by atoms with Crippen LogP contribution in [-0.4, -0.2) is 39.1 Å². The van der Waals surface area contributed by atoms with E-state index in [2.05, 4.69) is 15.6 Å². The van der Waals surface area contributed by atoms with E-state index in [0.29, 0.717) is 27.5 Å². The minimum absolute atomic E-state index is 0.278. The summed E-state index contributed by atoms with van der Waals surface area (Å²) in [4.78, 5) is 26.1. The third-order valence-electron chi connectivity index (χ3n) is 6.20. The summed E-state index contributed by atoms with van der Waals surface area (Å²) in [6.45, 7) is 5.80. The summed E-state index contributed by atoms with van der Waals surface area (Å²) in [5.74, 6) is -1.07. The Hall–Kier alpha value is -4.01. The molecule has 0 aliphatic rings. The molecule has 1 amide bonds. The fourth-order valence-corrected chi connectivity index (χ4v) is 4.03. The number of nitrogens with one attached hydrogen (secondary N) is 1. The number of carbonyl (C=O) groups excluding carboxylic acids is 2. The zero-order valence-corrected chi connectivity index (χ0v) is 21.7. The zero-order chi connectivity index (χ0) is 26.7. The molecule has 190 valence electrons. The minimum atomic E-state index is -1.03. The number of methoxy groups -OCH3 is 1. The van der Waals surface area contributed by atoms with Crippen LogP contribution in [0.3, 0.4) is 0 Å². The zero-order valence-electron chi connectivity index (χ0n) is 20.9. The number of halogens is 1. The molecule has 9 heteroatoms. The summed E-state index contributed by atoms with van der Waals surface area (Å²) in [6, 6.07) is 16.6. The molecule has 4 aromatic rings. The predicted octanol–water partition coefficient (Wildman–Crippen LogP) is 4.57. The van der Waals surface area contributed by atoms with E-state index in [1.807, 2.05) is 32.9 Å². The SMILES string of the molecule is COC(=O)C(NC(=O)c1ccc(C)cc1-n1cc(C(O)c2ccc(Cl)cc2)nn1)c1ccc(C)c(C)c1. The maximum Gasteiger partial charge on any atom is 0.333 e. The van der Waals surface area contributed by atoms with Crippen LogP contribution in [-0.2, 0) is 9.53 Å². The normalized spacial score (nSPS) is 12.6. The second kappa shape index (κ2) is 10.9. The lowest BCUT2D eigenvalue weighted by Crippen LogP contribution is -2.35. The molecule has 0 radical (unpaired) electrons. The van der Waals surface area contributed by atoms with Crippen LogP contribution in [0.1, 0.15) is 56.0 Å². The maximum absolute atomic E-state index is 13.5. The molecule has 4 rings (SSSR count). The third-order valence-corrected chi connectivity index (χ3v) is 6.45. The van der Waals surface area contributed by atoms with Gasteiger partial charge in [-0.05, 0) is 72.9 Å². The summed E-state index contributed by atoms with van der Waals surface area (Å²) in [5.41, 5.74) is 5.20. The standard InChI is InChI=1S/C28H27ClN4O4/c1-16-5-12-22(27(35)30-25(28(36)37-4)20-7-6-17(2)18(3)14-20)24(13-16)33-15-23(31-32-33)26(34)19-8-10-21(29)11-9-19/h5-15,25-26,34H,1-4H3,(H,30,35). The first kappa shape index (κ1) is 26.1. The Morgan fingerprint density at radius 1 is 0.973 bits per heavy atom. The Kier molecular flexibility index (Phi) is 7.71. The average Bonchev–Trinajstić information content (AvgIpc) is 3.38. The highest BCUT2D eigenvalue weighted by Crippen LogP contribution is 2.25. The molecular formula is C28H27ClN4O4. The fraction of sp³-hybridized carbons (Fsp3) is 0.214. The van der Waals surface area contributed by atoms with Crippen molar-refractivity contribution in [2.24, 2.45) is 0 Å². The number of aryl methyl sites for hydroxylation is 3. The molecule has 0 aliphatic heterocycles. The van der Waals surface area contributed by atoms with Gasteiger partial charge >= 0.3 is 5.97 Å². The Balaban J connectivity index is 1.66. The van der Waals surface area contributed by atoms with Gasteiger partial charge in [0.1, 0.15) is 11.8 Å². The number of aromatic nitrogens is 3. The number of hydrogen-bond donors (Lipinski definition) is 2. The van der Waals surface area contributed by atoms with Gasteiger partial charge < -0.3 is 15.2 Å². The van der Waals surface area contributed by atoms with Crippen LogP contribution in [0.4, 0.5) is 0 Å².